The Morgan fingerprint density at radius 2 is 1.89 bits per heavy atom. The van der Waals surface area contributed by atoms with Crippen LogP contribution >= 0.6 is 24.0 Å². The summed E-state index contributed by atoms with van der Waals surface area (Å²) in [6, 6.07) is 4.70. The zero-order valence-electron chi connectivity index (χ0n) is 16.8. The normalized spacial score (nSPS) is 11.5. The predicted molar refractivity (Wildman–Crippen MR) is 116 cm³/mol. The lowest BCUT2D eigenvalue weighted by atomic mass is 10.1. The first-order chi connectivity index (χ1) is 12.6. The van der Waals surface area contributed by atoms with Crippen molar-refractivity contribution in [2.75, 3.05) is 20.2 Å². The Bertz CT molecular complexity index is 652. The van der Waals surface area contributed by atoms with Crippen molar-refractivity contribution < 1.29 is 23.0 Å². The Kier molecular flexibility index (Phi) is 11.7. The van der Waals surface area contributed by atoms with Crippen molar-refractivity contribution in [1.82, 2.24) is 16.0 Å². The van der Waals surface area contributed by atoms with Crippen LogP contribution in [0.4, 0.5) is 8.78 Å². The van der Waals surface area contributed by atoms with Crippen molar-refractivity contribution >= 4 is 35.8 Å². The zero-order chi connectivity index (χ0) is 20.4. The molecule has 0 saturated carbocycles. The lowest BCUT2D eigenvalue weighted by Gasteiger charge is -2.21. The number of hydrogen-bond donors (Lipinski definition) is 3. The average Bonchev–Trinajstić information content (AvgIpc) is 2.55. The molecule has 160 valence electrons. The van der Waals surface area contributed by atoms with Crippen LogP contribution in [0.2, 0.25) is 0 Å². The second-order valence-corrected chi connectivity index (χ2v) is 6.67. The summed E-state index contributed by atoms with van der Waals surface area (Å²) in [5, 5.41) is 8.80. The Balaban J connectivity index is 0.00000729. The number of ether oxygens (including phenoxy) is 2. The number of carbonyl (C=O) groups excluding carboxylic acids is 1. The van der Waals surface area contributed by atoms with Gasteiger partial charge in [-0.2, -0.15) is 8.78 Å². The maximum absolute atomic E-state index is 12.4. The zero-order valence-corrected chi connectivity index (χ0v) is 19.1. The molecule has 0 heterocycles. The molecule has 1 rings (SSSR count). The van der Waals surface area contributed by atoms with E-state index in [2.05, 4.69) is 25.7 Å². The highest BCUT2D eigenvalue weighted by molar-refractivity contribution is 14.0. The van der Waals surface area contributed by atoms with Crippen molar-refractivity contribution in [2.45, 2.75) is 46.4 Å². The third-order valence-corrected chi connectivity index (χ3v) is 3.14. The van der Waals surface area contributed by atoms with E-state index < -0.39 is 6.61 Å². The second-order valence-electron chi connectivity index (χ2n) is 6.67. The van der Waals surface area contributed by atoms with Gasteiger partial charge in [-0.1, -0.05) is 6.07 Å². The van der Waals surface area contributed by atoms with E-state index in [-0.39, 0.29) is 53.5 Å². The number of nitrogens with zero attached hydrogens (tertiary/aromatic N) is 1. The molecule has 0 aliphatic rings. The fraction of sp³-hybridized carbons (Fsp3) is 0.556. The number of alkyl halides is 2. The summed E-state index contributed by atoms with van der Waals surface area (Å²) < 4.78 is 34.7. The Hall–Kier alpha value is -1.85. The van der Waals surface area contributed by atoms with Gasteiger partial charge < -0.3 is 25.4 Å². The van der Waals surface area contributed by atoms with Gasteiger partial charge in [-0.3, -0.25) is 9.79 Å². The first-order valence-electron chi connectivity index (χ1n) is 8.60. The molecule has 28 heavy (non-hydrogen) atoms. The Morgan fingerprint density at radius 3 is 2.43 bits per heavy atom. The molecule has 0 aliphatic heterocycles. The summed E-state index contributed by atoms with van der Waals surface area (Å²) in [7, 11) is 1.59. The van der Waals surface area contributed by atoms with Gasteiger partial charge >= 0.3 is 6.61 Å². The molecule has 7 nitrogen and oxygen atoms in total. The SMILES string of the molecule is CCOc1cc(CNC(=NC)NCC(=O)NC(C)(C)C)ccc1OC(F)F.I. The molecule has 0 unspecified atom stereocenters. The van der Waals surface area contributed by atoms with Crippen LogP contribution in [-0.2, 0) is 11.3 Å². The molecular weight excluding hydrogens is 485 g/mol. The number of aliphatic imine (C=N–C) groups is 1. The first kappa shape index (κ1) is 26.1. The smallest absolute Gasteiger partial charge is 0.387 e. The van der Waals surface area contributed by atoms with Gasteiger partial charge in [0.15, 0.2) is 17.5 Å². The van der Waals surface area contributed by atoms with Gasteiger partial charge in [-0.05, 0) is 45.4 Å². The van der Waals surface area contributed by atoms with Crippen LogP contribution in [-0.4, -0.2) is 44.2 Å². The van der Waals surface area contributed by atoms with Crippen LogP contribution in [0.25, 0.3) is 0 Å². The maximum Gasteiger partial charge on any atom is 0.387 e. The van der Waals surface area contributed by atoms with E-state index in [0.717, 1.165) is 5.56 Å². The number of benzene rings is 1. The van der Waals surface area contributed by atoms with Gasteiger partial charge in [0, 0.05) is 19.1 Å². The predicted octanol–water partition coefficient (Wildman–Crippen LogP) is 2.88. The second kappa shape index (κ2) is 12.6. The van der Waals surface area contributed by atoms with Gasteiger partial charge in [0.1, 0.15) is 0 Å². The van der Waals surface area contributed by atoms with Crippen molar-refractivity contribution in [3.05, 3.63) is 23.8 Å². The van der Waals surface area contributed by atoms with E-state index in [1.165, 1.54) is 6.07 Å². The number of carbonyl (C=O) groups is 1. The minimum atomic E-state index is -2.92. The van der Waals surface area contributed by atoms with Gasteiger partial charge in [-0.15, -0.1) is 24.0 Å². The van der Waals surface area contributed by atoms with E-state index >= 15 is 0 Å². The van der Waals surface area contributed by atoms with Crippen LogP contribution in [0.5, 0.6) is 11.5 Å². The monoisotopic (exact) mass is 514 g/mol. The average molecular weight is 514 g/mol. The fourth-order valence-electron chi connectivity index (χ4n) is 2.16. The van der Waals surface area contributed by atoms with Crippen LogP contribution in [0.3, 0.4) is 0 Å². The molecule has 1 aromatic rings. The third-order valence-electron chi connectivity index (χ3n) is 3.14. The number of rotatable bonds is 8. The lowest BCUT2D eigenvalue weighted by molar-refractivity contribution is -0.121. The lowest BCUT2D eigenvalue weighted by Crippen LogP contribution is -2.48. The minimum absolute atomic E-state index is 0. The van der Waals surface area contributed by atoms with Gasteiger partial charge in [-0.25, -0.2) is 0 Å². The van der Waals surface area contributed by atoms with Crippen molar-refractivity contribution in [3.63, 3.8) is 0 Å². The van der Waals surface area contributed by atoms with E-state index in [4.69, 9.17) is 4.74 Å². The molecule has 0 radical (unpaired) electrons. The Morgan fingerprint density at radius 1 is 1.21 bits per heavy atom. The standard InChI is InChI=1S/C18H28F2N4O3.HI/c1-6-26-14-9-12(7-8-13(14)27-16(19)20)10-22-17(21-5)23-11-15(25)24-18(2,3)4;/h7-9,16H,6,10-11H2,1-5H3,(H,24,25)(H2,21,22,23);1H. The van der Waals surface area contributed by atoms with Gasteiger partial charge in [0.05, 0.1) is 13.2 Å². The number of hydrogen-bond acceptors (Lipinski definition) is 4. The summed E-state index contributed by atoms with van der Waals surface area (Å²) in [5.74, 6) is 0.504. The fourth-order valence-corrected chi connectivity index (χ4v) is 2.16. The molecule has 1 aromatic carbocycles. The van der Waals surface area contributed by atoms with E-state index in [0.29, 0.717) is 19.1 Å². The number of nitrogens with one attached hydrogen (secondary N) is 3. The maximum atomic E-state index is 12.4. The quantitative estimate of drug-likeness (QED) is 0.283. The van der Waals surface area contributed by atoms with E-state index in [1.807, 2.05) is 20.8 Å². The minimum Gasteiger partial charge on any atom is -0.490 e. The van der Waals surface area contributed by atoms with Crippen LogP contribution in [0, 0.1) is 0 Å². The molecule has 10 heteroatoms. The highest BCUT2D eigenvalue weighted by atomic mass is 127. The summed E-state index contributed by atoms with van der Waals surface area (Å²) in [6.07, 6.45) is 0. The van der Waals surface area contributed by atoms with Crippen molar-refractivity contribution in [2.24, 2.45) is 4.99 Å². The molecule has 0 bridgehead atoms. The molecule has 3 N–H and O–H groups in total. The molecule has 1 amide bonds. The van der Waals surface area contributed by atoms with Crippen molar-refractivity contribution in [3.8, 4) is 11.5 Å². The number of halogens is 3. The highest BCUT2D eigenvalue weighted by Crippen LogP contribution is 2.29. The number of amides is 1. The van der Waals surface area contributed by atoms with Crippen LogP contribution < -0.4 is 25.4 Å². The summed E-state index contributed by atoms with van der Waals surface area (Å²) in [4.78, 5) is 15.9. The largest absolute Gasteiger partial charge is 0.490 e. The van der Waals surface area contributed by atoms with Gasteiger partial charge in [0.25, 0.3) is 0 Å². The molecule has 0 fully saturated rings. The molecule has 0 atom stereocenters. The van der Waals surface area contributed by atoms with Gasteiger partial charge in [0.2, 0.25) is 5.91 Å². The number of guanidine groups is 1. The highest BCUT2D eigenvalue weighted by Gasteiger charge is 2.14. The molecule has 0 aromatic heterocycles. The van der Waals surface area contributed by atoms with Crippen molar-refractivity contribution in [1.29, 1.82) is 0 Å². The molecule has 0 aliphatic carbocycles. The van der Waals surface area contributed by atoms with E-state index in [9.17, 15) is 13.6 Å². The summed E-state index contributed by atoms with van der Waals surface area (Å²) >= 11 is 0. The topological polar surface area (TPSA) is 84.0 Å². The first-order valence-corrected chi connectivity index (χ1v) is 8.60. The summed E-state index contributed by atoms with van der Waals surface area (Å²) in [6.45, 7) is 5.28. The molecule has 0 saturated heterocycles. The van der Waals surface area contributed by atoms with Crippen LogP contribution in [0.1, 0.15) is 33.3 Å². The van der Waals surface area contributed by atoms with E-state index in [1.54, 1.807) is 26.1 Å². The molecule has 0 spiro atoms. The Labute approximate surface area is 181 Å². The third kappa shape index (κ3) is 10.5. The summed E-state index contributed by atoms with van der Waals surface area (Å²) in [5.41, 5.74) is 0.468. The molecular formula is C18H29F2IN4O3. The van der Waals surface area contributed by atoms with Crippen LogP contribution in [0.15, 0.2) is 23.2 Å².